The fourth-order valence-electron chi connectivity index (χ4n) is 3.15. The van der Waals surface area contributed by atoms with Crippen molar-refractivity contribution in [1.29, 1.82) is 0 Å². The highest BCUT2D eigenvalue weighted by atomic mass is 16.7. The molecule has 0 radical (unpaired) electrons. The van der Waals surface area contributed by atoms with E-state index in [4.69, 9.17) is 9.31 Å². The zero-order chi connectivity index (χ0) is 18.2. The van der Waals surface area contributed by atoms with E-state index in [0.717, 1.165) is 24.8 Å². The Bertz CT molecular complexity index is 619. The van der Waals surface area contributed by atoms with Crippen LogP contribution in [0, 0.1) is 0 Å². The number of carbonyl (C=O) groups excluding carboxylic acids is 1. The first-order chi connectivity index (χ1) is 11.7. The minimum atomic E-state index is -0.451. The first-order valence-electron chi connectivity index (χ1n) is 8.88. The number of hydrogen-bond donors (Lipinski definition) is 1. The summed E-state index contributed by atoms with van der Waals surface area (Å²) in [5.74, 6) is 0.678. The van der Waals surface area contributed by atoms with Gasteiger partial charge in [0, 0.05) is 43.9 Å². The number of rotatable bonds is 4. The van der Waals surface area contributed by atoms with Crippen molar-refractivity contribution in [2.45, 2.75) is 64.7 Å². The van der Waals surface area contributed by atoms with Gasteiger partial charge in [0.15, 0.2) is 0 Å². The molecule has 0 aliphatic carbocycles. The average molecular weight is 346 g/mol. The highest BCUT2D eigenvalue weighted by molar-refractivity contribution is 6.61. The monoisotopic (exact) mass is 346 g/mol. The summed E-state index contributed by atoms with van der Waals surface area (Å²) < 4.78 is 12.1. The van der Waals surface area contributed by atoms with E-state index in [-0.39, 0.29) is 23.2 Å². The number of nitrogens with zero attached hydrogens (tertiary/aromatic N) is 3. The third-order valence-corrected chi connectivity index (χ3v) is 5.40. The van der Waals surface area contributed by atoms with Crippen LogP contribution < -0.4 is 15.7 Å². The van der Waals surface area contributed by atoms with E-state index in [9.17, 15) is 4.79 Å². The second-order valence-corrected chi connectivity index (χ2v) is 7.83. The molecule has 0 aromatic carbocycles. The minimum Gasteiger partial charge on any atom is -0.399 e. The van der Waals surface area contributed by atoms with Crippen LogP contribution in [-0.2, 0) is 14.1 Å². The lowest BCUT2D eigenvalue weighted by molar-refractivity contribution is -0.119. The Balaban J connectivity index is 1.69. The van der Waals surface area contributed by atoms with Gasteiger partial charge >= 0.3 is 7.12 Å². The van der Waals surface area contributed by atoms with Crippen LogP contribution in [0.5, 0.6) is 0 Å². The number of hydrogen-bond acceptors (Lipinski definition) is 6. The molecule has 7 nitrogen and oxygen atoms in total. The fraction of sp³-hybridized carbons (Fsp3) is 0.706. The maximum atomic E-state index is 11.2. The summed E-state index contributed by atoms with van der Waals surface area (Å²) in [5, 5.41) is 2.89. The van der Waals surface area contributed by atoms with Gasteiger partial charge in [-0.25, -0.2) is 9.97 Å². The predicted molar refractivity (Wildman–Crippen MR) is 96.8 cm³/mol. The second kappa shape index (κ2) is 6.57. The number of anilines is 1. The van der Waals surface area contributed by atoms with Crippen molar-refractivity contribution in [3.63, 3.8) is 0 Å². The summed E-state index contributed by atoms with van der Waals surface area (Å²) in [5.41, 5.74) is 0.0590. The number of aromatic nitrogens is 2. The molecule has 3 heterocycles. The molecule has 0 unspecified atom stereocenters. The molecule has 1 N–H and O–H groups in total. The quantitative estimate of drug-likeness (QED) is 0.816. The zero-order valence-corrected chi connectivity index (χ0v) is 15.7. The van der Waals surface area contributed by atoms with E-state index in [2.05, 4.69) is 20.2 Å². The van der Waals surface area contributed by atoms with E-state index < -0.39 is 7.12 Å². The fourth-order valence-corrected chi connectivity index (χ4v) is 3.15. The molecule has 0 spiro atoms. The van der Waals surface area contributed by atoms with Crippen LogP contribution in [0.3, 0.4) is 0 Å². The van der Waals surface area contributed by atoms with E-state index in [1.54, 1.807) is 12.4 Å². The van der Waals surface area contributed by atoms with Crippen molar-refractivity contribution < 1.29 is 14.1 Å². The average Bonchev–Trinajstić information content (AvgIpc) is 3.08. The SMILES string of the molecule is CC(=O)NC[C@@H]1CCCN1c1ncc(B2OC(C)(C)C(C)(C)O2)cn1. The molecular formula is C17H27BN4O3. The molecule has 0 saturated carbocycles. The number of carbonyl (C=O) groups is 1. The third kappa shape index (κ3) is 3.65. The second-order valence-electron chi connectivity index (χ2n) is 7.83. The van der Waals surface area contributed by atoms with E-state index >= 15 is 0 Å². The largest absolute Gasteiger partial charge is 0.498 e. The summed E-state index contributed by atoms with van der Waals surface area (Å²) in [7, 11) is -0.451. The van der Waals surface area contributed by atoms with Crippen molar-refractivity contribution in [1.82, 2.24) is 15.3 Å². The Morgan fingerprint density at radius 2 is 1.88 bits per heavy atom. The van der Waals surface area contributed by atoms with Crippen molar-refractivity contribution in [3.05, 3.63) is 12.4 Å². The molecule has 0 bridgehead atoms. The van der Waals surface area contributed by atoms with E-state index in [0.29, 0.717) is 12.5 Å². The molecule has 1 aromatic heterocycles. The van der Waals surface area contributed by atoms with Gasteiger partial charge in [0.05, 0.1) is 11.2 Å². The summed E-state index contributed by atoms with van der Waals surface area (Å²) in [6, 6.07) is 0.242. The number of amides is 1. The van der Waals surface area contributed by atoms with E-state index in [1.165, 1.54) is 6.92 Å². The first kappa shape index (κ1) is 18.1. The Morgan fingerprint density at radius 3 is 2.44 bits per heavy atom. The summed E-state index contributed by atoms with van der Waals surface area (Å²) in [6.45, 7) is 11.2. The zero-order valence-electron chi connectivity index (χ0n) is 15.7. The minimum absolute atomic E-state index is 0.0103. The topological polar surface area (TPSA) is 76.6 Å². The van der Waals surface area contributed by atoms with Crippen molar-refractivity contribution >= 4 is 24.4 Å². The van der Waals surface area contributed by atoms with Gasteiger partial charge in [0.2, 0.25) is 11.9 Å². The van der Waals surface area contributed by atoms with Crippen molar-refractivity contribution in [3.8, 4) is 0 Å². The van der Waals surface area contributed by atoms with Gasteiger partial charge in [-0.05, 0) is 40.5 Å². The highest BCUT2D eigenvalue weighted by Crippen LogP contribution is 2.36. The Morgan fingerprint density at radius 1 is 1.28 bits per heavy atom. The molecule has 1 aromatic rings. The lowest BCUT2D eigenvalue weighted by Crippen LogP contribution is -2.41. The molecular weight excluding hydrogens is 319 g/mol. The van der Waals surface area contributed by atoms with Gasteiger partial charge < -0.3 is 19.5 Å². The molecule has 2 saturated heterocycles. The van der Waals surface area contributed by atoms with Gasteiger partial charge in [-0.15, -0.1) is 0 Å². The number of nitrogens with one attached hydrogen (secondary N) is 1. The van der Waals surface area contributed by atoms with Crippen molar-refractivity contribution in [2.75, 3.05) is 18.0 Å². The first-order valence-corrected chi connectivity index (χ1v) is 8.88. The molecule has 8 heteroatoms. The molecule has 3 rings (SSSR count). The predicted octanol–water partition coefficient (Wildman–Crippen LogP) is 0.881. The van der Waals surface area contributed by atoms with Crippen molar-refractivity contribution in [2.24, 2.45) is 0 Å². The van der Waals surface area contributed by atoms with Crippen LogP contribution in [0.25, 0.3) is 0 Å². The summed E-state index contributed by atoms with van der Waals surface area (Å²) in [4.78, 5) is 22.3. The van der Waals surface area contributed by atoms with Crippen LogP contribution in [-0.4, -0.2) is 53.3 Å². The molecule has 1 amide bonds. The summed E-state index contributed by atoms with van der Waals surface area (Å²) in [6.07, 6.45) is 5.66. The molecule has 2 aliphatic rings. The Labute approximate surface area is 149 Å². The van der Waals surface area contributed by atoms with Crippen LogP contribution >= 0.6 is 0 Å². The van der Waals surface area contributed by atoms with Crippen LogP contribution in [0.15, 0.2) is 12.4 Å². The highest BCUT2D eigenvalue weighted by Gasteiger charge is 2.52. The third-order valence-electron chi connectivity index (χ3n) is 5.40. The molecule has 2 fully saturated rings. The van der Waals surface area contributed by atoms with Gasteiger partial charge in [-0.2, -0.15) is 0 Å². The van der Waals surface area contributed by atoms with E-state index in [1.807, 2.05) is 27.7 Å². The van der Waals surface area contributed by atoms with Crippen LogP contribution in [0.2, 0.25) is 0 Å². The van der Waals surface area contributed by atoms with Crippen LogP contribution in [0.4, 0.5) is 5.95 Å². The lowest BCUT2D eigenvalue weighted by Gasteiger charge is -2.32. The van der Waals surface area contributed by atoms with Gasteiger partial charge in [0.25, 0.3) is 0 Å². The Kier molecular flexibility index (Phi) is 4.77. The van der Waals surface area contributed by atoms with Crippen LogP contribution in [0.1, 0.15) is 47.5 Å². The maximum absolute atomic E-state index is 11.2. The molecule has 25 heavy (non-hydrogen) atoms. The molecule has 1 atom stereocenters. The normalized spacial score (nSPS) is 24.6. The summed E-state index contributed by atoms with van der Waals surface area (Å²) >= 11 is 0. The standard InChI is InChI=1S/C17H27BN4O3/c1-12(23)19-11-14-7-6-8-22(14)15-20-9-13(10-21-15)18-24-16(2,3)17(4,5)25-18/h9-10,14H,6-8,11H2,1-5H3,(H,19,23)/t14-/m0/s1. The molecule has 136 valence electrons. The van der Waals surface area contributed by atoms with Gasteiger partial charge in [-0.3, -0.25) is 4.79 Å². The van der Waals surface area contributed by atoms with Gasteiger partial charge in [-0.1, -0.05) is 0 Å². The maximum Gasteiger partial charge on any atom is 0.498 e. The smallest absolute Gasteiger partial charge is 0.399 e. The van der Waals surface area contributed by atoms with Gasteiger partial charge in [0.1, 0.15) is 0 Å². The lowest BCUT2D eigenvalue weighted by atomic mass is 9.81. The molecule has 2 aliphatic heterocycles. The Hall–Kier alpha value is -1.67.